The van der Waals surface area contributed by atoms with E-state index in [1.54, 1.807) is 6.20 Å². The van der Waals surface area contributed by atoms with Gasteiger partial charge in [0.15, 0.2) is 11.5 Å². The standard InChI is InChI=1S/C11H13N3O3/c1-7(2)10-12-3-4-14(10)6-8-5-9(11(15)16)13-17-8/h3-5,7H,6H2,1-2H3,(H,15,16). The van der Waals surface area contributed by atoms with E-state index in [1.807, 2.05) is 24.6 Å². The van der Waals surface area contributed by atoms with Gasteiger partial charge in [-0.25, -0.2) is 9.78 Å². The van der Waals surface area contributed by atoms with Crippen LogP contribution < -0.4 is 0 Å². The first-order chi connectivity index (χ1) is 8.08. The molecule has 0 radical (unpaired) electrons. The minimum absolute atomic E-state index is 0.0776. The molecule has 0 spiro atoms. The highest BCUT2D eigenvalue weighted by atomic mass is 16.5. The third kappa shape index (κ3) is 2.35. The Morgan fingerprint density at radius 3 is 2.94 bits per heavy atom. The van der Waals surface area contributed by atoms with Crippen LogP contribution in [0.25, 0.3) is 0 Å². The van der Waals surface area contributed by atoms with Crippen LogP contribution in [0.3, 0.4) is 0 Å². The zero-order valence-electron chi connectivity index (χ0n) is 9.62. The van der Waals surface area contributed by atoms with Crippen molar-refractivity contribution < 1.29 is 14.4 Å². The Labute approximate surface area is 97.9 Å². The normalized spacial score (nSPS) is 11.0. The van der Waals surface area contributed by atoms with Crippen molar-refractivity contribution >= 4 is 5.97 Å². The van der Waals surface area contributed by atoms with Crippen LogP contribution in [0.2, 0.25) is 0 Å². The lowest BCUT2D eigenvalue weighted by Gasteiger charge is -2.07. The Morgan fingerprint density at radius 2 is 2.35 bits per heavy atom. The quantitative estimate of drug-likeness (QED) is 0.872. The molecule has 0 aliphatic rings. The summed E-state index contributed by atoms with van der Waals surface area (Å²) in [6.45, 7) is 4.53. The molecule has 0 aliphatic carbocycles. The van der Waals surface area contributed by atoms with E-state index in [0.29, 0.717) is 18.2 Å². The largest absolute Gasteiger partial charge is 0.476 e. The molecule has 0 saturated carbocycles. The van der Waals surface area contributed by atoms with Gasteiger partial charge in [-0.2, -0.15) is 0 Å². The van der Waals surface area contributed by atoms with Crippen molar-refractivity contribution in [3.63, 3.8) is 0 Å². The van der Waals surface area contributed by atoms with E-state index in [1.165, 1.54) is 6.07 Å². The van der Waals surface area contributed by atoms with Gasteiger partial charge in [0.25, 0.3) is 0 Å². The van der Waals surface area contributed by atoms with Crippen molar-refractivity contribution in [2.45, 2.75) is 26.3 Å². The van der Waals surface area contributed by atoms with Crippen LogP contribution >= 0.6 is 0 Å². The number of carboxylic acid groups (broad SMARTS) is 1. The Morgan fingerprint density at radius 1 is 1.59 bits per heavy atom. The molecule has 90 valence electrons. The summed E-state index contributed by atoms with van der Waals surface area (Å²) in [6.07, 6.45) is 3.54. The number of rotatable bonds is 4. The lowest BCUT2D eigenvalue weighted by atomic mass is 10.2. The van der Waals surface area contributed by atoms with Crippen LogP contribution in [0.4, 0.5) is 0 Å². The summed E-state index contributed by atoms with van der Waals surface area (Å²) >= 11 is 0. The number of nitrogens with zero attached hydrogens (tertiary/aromatic N) is 3. The topological polar surface area (TPSA) is 81.2 Å². The smallest absolute Gasteiger partial charge is 0.358 e. The number of hydrogen-bond acceptors (Lipinski definition) is 4. The van der Waals surface area contributed by atoms with Gasteiger partial charge in [0.2, 0.25) is 0 Å². The van der Waals surface area contributed by atoms with E-state index in [4.69, 9.17) is 9.63 Å². The number of carboxylic acids is 1. The maximum atomic E-state index is 10.7. The van der Waals surface area contributed by atoms with Gasteiger partial charge in [0.05, 0.1) is 6.54 Å². The zero-order valence-corrected chi connectivity index (χ0v) is 9.62. The fraction of sp³-hybridized carbons (Fsp3) is 0.364. The van der Waals surface area contributed by atoms with Crippen LogP contribution in [0, 0.1) is 0 Å². The monoisotopic (exact) mass is 235 g/mol. The first-order valence-electron chi connectivity index (χ1n) is 5.28. The molecule has 1 N–H and O–H groups in total. The molecule has 0 fully saturated rings. The van der Waals surface area contributed by atoms with Gasteiger partial charge in [0.1, 0.15) is 5.82 Å². The van der Waals surface area contributed by atoms with Crippen molar-refractivity contribution in [3.05, 3.63) is 35.7 Å². The average molecular weight is 235 g/mol. The fourth-order valence-electron chi connectivity index (χ4n) is 1.61. The van der Waals surface area contributed by atoms with Crippen LogP contribution in [0.1, 0.15) is 41.8 Å². The summed E-state index contributed by atoms with van der Waals surface area (Å²) < 4.78 is 6.87. The van der Waals surface area contributed by atoms with Gasteiger partial charge in [-0.05, 0) is 0 Å². The van der Waals surface area contributed by atoms with Crippen LogP contribution in [-0.4, -0.2) is 25.8 Å². The number of hydrogen-bond donors (Lipinski definition) is 1. The second kappa shape index (κ2) is 4.40. The molecule has 2 heterocycles. The lowest BCUT2D eigenvalue weighted by molar-refractivity contribution is 0.0685. The summed E-state index contributed by atoms with van der Waals surface area (Å²) in [4.78, 5) is 14.9. The molecule has 2 aromatic heterocycles. The lowest BCUT2D eigenvalue weighted by Crippen LogP contribution is -2.05. The molecule has 2 aromatic rings. The van der Waals surface area contributed by atoms with Crippen LogP contribution in [0.5, 0.6) is 0 Å². The van der Waals surface area contributed by atoms with E-state index in [9.17, 15) is 4.79 Å². The molecule has 0 atom stereocenters. The van der Waals surface area contributed by atoms with Gasteiger partial charge in [-0.15, -0.1) is 0 Å². The molecule has 0 amide bonds. The highest BCUT2D eigenvalue weighted by molar-refractivity contribution is 5.85. The van der Waals surface area contributed by atoms with Crippen molar-refractivity contribution in [1.29, 1.82) is 0 Å². The number of imidazole rings is 1. The van der Waals surface area contributed by atoms with Gasteiger partial charge in [0, 0.05) is 24.4 Å². The maximum absolute atomic E-state index is 10.7. The van der Waals surface area contributed by atoms with Gasteiger partial charge in [-0.3, -0.25) is 0 Å². The Hall–Kier alpha value is -2.11. The average Bonchev–Trinajstić information content (AvgIpc) is 2.86. The van der Waals surface area contributed by atoms with E-state index in [-0.39, 0.29) is 5.69 Å². The van der Waals surface area contributed by atoms with Crippen molar-refractivity contribution in [1.82, 2.24) is 14.7 Å². The Bertz CT molecular complexity index is 528. The number of carbonyl (C=O) groups is 1. The second-order valence-corrected chi connectivity index (χ2v) is 4.05. The van der Waals surface area contributed by atoms with Gasteiger partial charge in [-0.1, -0.05) is 19.0 Å². The predicted molar refractivity (Wildman–Crippen MR) is 58.9 cm³/mol. The van der Waals surface area contributed by atoms with Gasteiger partial charge < -0.3 is 14.2 Å². The van der Waals surface area contributed by atoms with E-state index in [2.05, 4.69) is 10.1 Å². The third-order valence-corrected chi connectivity index (χ3v) is 2.37. The minimum atomic E-state index is -1.09. The molecule has 0 saturated heterocycles. The minimum Gasteiger partial charge on any atom is -0.476 e. The third-order valence-electron chi connectivity index (χ3n) is 2.37. The van der Waals surface area contributed by atoms with Crippen molar-refractivity contribution in [2.75, 3.05) is 0 Å². The number of aromatic nitrogens is 3. The van der Waals surface area contributed by atoms with Crippen molar-refractivity contribution in [3.8, 4) is 0 Å². The van der Waals surface area contributed by atoms with Crippen LogP contribution in [0.15, 0.2) is 23.0 Å². The van der Waals surface area contributed by atoms with E-state index in [0.717, 1.165) is 5.82 Å². The SMILES string of the molecule is CC(C)c1nccn1Cc1cc(C(=O)O)no1. The summed E-state index contributed by atoms with van der Waals surface area (Å²) in [5.41, 5.74) is -0.0776. The predicted octanol–water partition coefficient (Wildman–Crippen LogP) is 1.74. The highest BCUT2D eigenvalue weighted by Crippen LogP contribution is 2.14. The fourth-order valence-corrected chi connectivity index (χ4v) is 1.61. The Kier molecular flexibility index (Phi) is 2.95. The van der Waals surface area contributed by atoms with E-state index >= 15 is 0 Å². The van der Waals surface area contributed by atoms with Crippen LogP contribution in [-0.2, 0) is 6.54 Å². The molecule has 0 bridgehead atoms. The van der Waals surface area contributed by atoms with E-state index < -0.39 is 5.97 Å². The molecule has 0 aliphatic heterocycles. The molecule has 0 aromatic carbocycles. The zero-order chi connectivity index (χ0) is 12.4. The molecule has 0 unspecified atom stereocenters. The van der Waals surface area contributed by atoms with Crippen molar-refractivity contribution in [2.24, 2.45) is 0 Å². The Balaban J connectivity index is 2.19. The molecule has 6 nitrogen and oxygen atoms in total. The summed E-state index contributed by atoms with van der Waals surface area (Å²) in [5, 5.41) is 12.2. The summed E-state index contributed by atoms with van der Waals surface area (Å²) in [6, 6.07) is 1.42. The van der Waals surface area contributed by atoms with Gasteiger partial charge >= 0.3 is 5.97 Å². The summed E-state index contributed by atoms with van der Waals surface area (Å²) in [7, 11) is 0. The summed E-state index contributed by atoms with van der Waals surface area (Å²) in [5.74, 6) is 0.641. The maximum Gasteiger partial charge on any atom is 0.358 e. The molecule has 2 rings (SSSR count). The highest BCUT2D eigenvalue weighted by Gasteiger charge is 2.13. The molecular weight excluding hydrogens is 222 g/mol. The second-order valence-electron chi connectivity index (χ2n) is 4.05. The number of aromatic carboxylic acids is 1. The first-order valence-corrected chi connectivity index (χ1v) is 5.28. The molecule has 17 heavy (non-hydrogen) atoms. The molecule has 6 heteroatoms. The molecular formula is C11H13N3O3. The first kappa shape index (κ1) is 11.4.